The Bertz CT molecular complexity index is 1040. The van der Waals surface area contributed by atoms with Gasteiger partial charge in [0.2, 0.25) is 5.91 Å². The number of fused-ring (bicyclic) bond motifs is 1. The minimum atomic E-state index is -2.68. The lowest BCUT2D eigenvalue weighted by atomic mass is 9.77. The highest BCUT2D eigenvalue weighted by molar-refractivity contribution is 5.85. The van der Waals surface area contributed by atoms with E-state index in [9.17, 15) is 23.5 Å². The Labute approximate surface area is 166 Å². The number of alkyl halides is 2. The highest BCUT2D eigenvalue weighted by Crippen LogP contribution is 2.56. The van der Waals surface area contributed by atoms with Gasteiger partial charge in [0.05, 0.1) is 22.6 Å². The maximum absolute atomic E-state index is 13.5. The van der Waals surface area contributed by atoms with Gasteiger partial charge in [0.15, 0.2) is 0 Å². The average Bonchev–Trinajstić information content (AvgIpc) is 3.23. The van der Waals surface area contributed by atoms with Gasteiger partial charge in [-0.3, -0.25) is 9.59 Å². The standard InChI is InChI=1S/C21H25F2N3O3/c1-11(2)18-15-6-12(16-9-21(16,22)23)4-5-14(15)19(28)26(25-18)10-17(27)24-13-7-20(3,29)8-13/h4-6,11,13,16,29H,7-10H2,1-3H3,(H,24,27). The van der Waals surface area contributed by atoms with Crippen LogP contribution in [0, 0.1) is 0 Å². The summed E-state index contributed by atoms with van der Waals surface area (Å²) in [6.45, 7) is 5.30. The Balaban J connectivity index is 1.63. The topological polar surface area (TPSA) is 84.2 Å². The predicted octanol–water partition coefficient (Wildman–Crippen LogP) is 2.67. The molecule has 1 heterocycles. The molecule has 8 heteroatoms. The van der Waals surface area contributed by atoms with E-state index in [1.54, 1.807) is 25.1 Å². The van der Waals surface area contributed by atoms with Gasteiger partial charge in [0.25, 0.3) is 11.5 Å². The Morgan fingerprint density at radius 1 is 1.31 bits per heavy atom. The van der Waals surface area contributed by atoms with E-state index in [0.717, 1.165) is 4.68 Å². The van der Waals surface area contributed by atoms with E-state index < -0.39 is 23.0 Å². The Morgan fingerprint density at radius 3 is 2.52 bits per heavy atom. The highest BCUT2D eigenvalue weighted by atomic mass is 19.3. The summed E-state index contributed by atoms with van der Waals surface area (Å²) in [5.74, 6) is -3.88. The van der Waals surface area contributed by atoms with Crippen LogP contribution in [0.25, 0.3) is 10.8 Å². The molecule has 1 aromatic carbocycles. The molecule has 2 fully saturated rings. The number of rotatable bonds is 5. The lowest BCUT2D eigenvalue weighted by Crippen LogP contribution is -2.54. The summed E-state index contributed by atoms with van der Waals surface area (Å²) in [7, 11) is 0. The number of amides is 1. The minimum absolute atomic E-state index is 0.0518. The van der Waals surface area contributed by atoms with Crippen molar-refractivity contribution in [1.29, 1.82) is 0 Å². The van der Waals surface area contributed by atoms with Crippen molar-refractivity contribution in [3.8, 4) is 0 Å². The van der Waals surface area contributed by atoms with Crippen LogP contribution in [0.15, 0.2) is 23.0 Å². The van der Waals surface area contributed by atoms with Crippen molar-refractivity contribution >= 4 is 16.7 Å². The zero-order chi connectivity index (χ0) is 21.1. The van der Waals surface area contributed by atoms with Crippen molar-refractivity contribution in [2.45, 2.75) is 76.0 Å². The van der Waals surface area contributed by atoms with Crippen LogP contribution >= 0.6 is 0 Å². The van der Waals surface area contributed by atoms with E-state index in [2.05, 4.69) is 10.4 Å². The van der Waals surface area contributed by atoms with Crippen LogP contribution in [0.4, 0.5) is 8.78 Å². The molecular weight excluding hydrogens is 380 g/mol. The molecule has 0 spiro atoms. The lowest BCUT2D eigenvalue weighted by molar-refractivity contribution is -0.125. The molecule has 2 N–H and O–H groups in total. The number of aromatic nitrogens is 2. The Morgan fingerprint density at radius 2 is 1.97 bits per heavy atom. The molecule has 0 bridgehead atoms. The summed E-state index contributed by atoms with van der Waals surface area (Å²) in [5, 5.41) is 17.9. The first-order valence-corrected chi connectivity index (χ1v) is 9.91. The molecule has 2 aliphatic rings. The maximum Gasteiger partial charge on any atom is 0.275 e. The molecule has 1 amide bonds. The van der Waals surface area contributed by atoms with Crippen LogP contribution in [0.5, 0.6) is 0 Å². The van der Waals surface area contributed by atoms with Gasteiger partial charge in [-0.1, -0.05) is 19.9 Å². The van der Waals surface area contributed by atoms with Gasteiger partial charge in [-0.25, -0.2) is 13.5 Å². The van der Waals surface area contributed by atoms with Crippen molar-refractivity contribution in [1.82, 2.24) is 15.1 Å². The molecule has 2 aliphatic carbocycles. The zero-order valence-corrected chi connectivity index (χ0v) is 16.7. The largest absolute Gasteiger partial charge is 0.390 e. The first-order valence-electron chi connectivity index (χ1n) is 9.91. The third-order valence-electron chi connectivity index (χ3n) is 5.82. The number of hydrogen-bond acceptors (Lipinski definition) is 4. The molecule has 2 aromatic rings. The minimum Gasteiger partial charge on any atom is -0.390 e. The highest BCUT2D eigenvalue weighted by Gasteiger charge is 2.57. The average molecular weight is 405 g/mol. The number of carbonyl (C=O) groups is 1. The lowest BCUT2D eigenvalue weighted by Gasteiger charge is -2.41. The maximum atomic E-state index is 13.5. The number of nitrogens with zero attached hydrogens (tertiary/aromatic N) is 2. The smallest absolute Gasteiger partial charge is 0.275 e. The van der Waals surface area contributed by atoms with Gasteiger partial charge in [-0.05, 0) is 43.4 Å². The van der Waals surface area contributed by atoms with Gasteiger partial charge in [-0.2, -0.15) is 5.10 Å². The monoisotopic (exact) mass is 405 g/mol. The SMILES string of the molecule is CC(C)c1nn(CC(=O)NC2CC(C)(O)C2)c(=O)c2ccc(C3CC3(F)F)cc12. The fraction of sp³-hybridized carbons (Fsp3) is 0.571. The van der Waals surface area contributed by atoms with Crippen LogP contribution in [0.3, 0.4) is 0 Å². The van der Waals surface area contributed by atoms with Crippen LogP contribution in [-0.2, 0) is 11.3 Å². The fourth-order valence-electron chi connectivity index (χ4n) is 4.17. The van der Waals surface area contributed by atoms with Crippen LogP contribution in [-0.4, -0.2) is 38.4 Å². The molecule has 4 rings (SSSR count). The molecule has 29 heavy (non-hydrogen) atoms. The van der Waals surface area contributed by atoms with E-state index in [0.29, 0.717) is 34.9 Å². The van der Waals surface area contributed by atoms with Crippen molar-refractivity contribution in [2.75, 3.05) is 0 Å². The summed E-state index contributed by atoms with van der Waals surface area (Å²) in [6.07, 6.45) is 0.781. The van der Waals surface area contributed by atoms with Crippen molar-refractivity contribution in [3.05, 3.63) is 39.8 Å². The van der Waals surface area contributed by atoms with Crippen LogP contribution in [0.1, 0.15) is 63.1 Å². The molecule has 1 atom stereocenters. The Hall–Kier alpha value is -2.35. The summed E-state index contributed by atoms with van der Waals surface area (Å²) < 4.78 is 28.1. The summed E-state index contributed by atoms with van der Waals surface area (Å²) in [6, 6.07) is 4.67. The second kappa shape index (κ2) is 6.58. The predicted molar refractivity (Wildman–Crippen MR) is 104 cm³/mol. The molecule has 156 valence electrons. The van der Waals surface area contributed by atoms with E-state index in [1.165, 1.54) is 0 Å². The van der Waals surface area contributed by atoms with E-state index in [1.807, 2.05) is 13.8 Å². The van der Waals surface area contributed by atoms with Gasteiger partial charge >= 0.3 is 0 Å². The zero-order valence-electron chi connectivity index (χ0n) is 16.7. The number of halogens is 2. The van der Waals surface area contributed by atoms with E-state index in [-0.39, 0.29) is 30.8 Å². The number of benzene rings is 1. The second-order valence-electron chi connectivity index (χ2n) is 9.00. The second-order valence-corrected chi connectivity index (χ2v) is 9.00. The third kappa shape index (κ3) is 3.77. The van der Waals surface area contributed by atoms with E-state index >= 15 is 0 Å². The summed E-state index contributed by atoms with van der Waals surface area (Å²) in [4.78, 5) is 25.2. The van der Waals surface area contributed by atoms with E-state index in [4.69, 9.17) is 0 Å². The summed E-state index contributed by atoms with van der Waals surface area (Å²) in [5.41, 5.74) is -0.0613. The first-order chi connectivity index (χ1) is 13.5. The van der Waals surface area contributed by atoms with Gasteiger partial charge in [0.1, 0.15) is 6.54 Å². The normalized spacial score (nSPS) is 27.7. The Kier molecular flexibility index (Phi) is 4.53. The molecule has 0 saturated heterocycles. The van der Waals surface area contributed by atoms with Crippen molar-refractivity contribution < 1.29 is 18.7 Å². The fourth-order valence-corrected chi connectivity index (χ4v) is 4.17. The van der Waals surface area contributed by atoms with Crippen molar-refractivity contribution in [3.63, 3.8) is 0 Å². The number of carbonyl (C=O) groups excluding carboxylic acids is 1. The number of hydrogen-bond donors (Lipinski definition) is 2. The first kappa shape index (κ1) is 19.9. The molecule has 0 radical (unpaired) electrons. The molecular formula is C21H25F2N3O3. The third-order valence-corrected chi connectivity index (χ3v) is 5.82. The molecule has 1 unspecified atom stereocenters. The number of aliphatic hydroxyl groups is 1. The molecule has 0 aliphatic heterocycles. The van der Waals surface area contributed by atoms with Crippen LogP contribution in [0.2, 0.25) is 0 Å². The van der Waals surface area contributed by atoms with Gasteiger partial charge < -0.3 is 10.4 Å². The van der Waals surface area contributed by atoms with Crippen LogP contribution < -0.4 is 10.9 Å². The number of nitrogens with one attached hydrogen (secondary N) is 1. The molecule has 1 aromatic heterocycles. The van der Waals surface area contributed by atoms with Crippen molar-refractivity contribution in [2.24, 2.45) is 0 Å². The molecule has 6 nitrogen and oxygen atoms in total. The molecule has 2 saturated carbocycles. The quantitative estimate of drug-likeness (QED) is 0.801. The van der Waals surface area contributed by atoms with Gasteiger partial charge in [-0.15, -0.1) is 0 Å². The summed E-state index contributed by atoms with van der Waals surface area (Å²) >= 11 is 0. The van der Waals surface area contributed by atoms with Gasteiger partial charge in [0, 0.05) is 17.8 Å².